The van der Waals surface area contributed by atoms with Crippen molar-refractivity contribution in [1.29, 1.82) is 0 Å². The Morgan fingerprint density at radius 2 is 2.14 bits per heavy atom. The van der Waals surface area contributed by atoms with Gasteiger partial charge in [0, 0.05) is 11.6 Å². The minimum absolute atomic E-state index is 0.738. The summed E-state index contributed by atoms with van der Waals surface area (Å²) in [5.41, 5.74) is 1.57. The third-order valence-corrected chi connectivity index (χ3v) is 3.78. The Kier molecular flexibility index (Phi) is 3.61. The van der Waals surface area contributed by atoms with E-state index in [4.69, 9.17) is 4.99 Å². The van der Waals surface area contributed by atoms with Crippen molar-refractivity contribution in [3.8, 4) is 0 Å². The van der Waals surface area contributed by atoms with Crippen LogP contribution in [0.3, 0.4) is 0 Å². The molecule has 2 rings (SSSR count). The molecule has 1 aliphatic carbocycles. The molecule has 0 aromatic heterocycles. The fourth-order valence-electron chi connectivity index (χ4n) is 2.86. The lowest BCUT2D eigenvalue weighted by Crippen LogP contribution is -2.39. The second kappa shape index (κ2) is 4.95. The SMILES string of the molecule is CCCCCCC1N=C2CCCCC21. The highest BCUT2D eigenvalue weighted by atomic mass is 14.9. The summed E-state index contributed by atoms with van der Waals surface area (Å²) in [5.74, 6) is 0.922. The van der Waals surface area contributed by atoms with E-state index in [9.17, 15) is 0 Å². The molecule has 0 aromatic carbocycles. The summed E-state index contributed by atoms with van der Waals surface area (Å²) in [4.78, 5) is 4.76. The van der Waals surface area contributed by atoms with Gasteiger partial charge in [-0.2, -0.15) is 0 Å². The lowest BCUT2D eigenvalue weighted by Gasteiger charge is -2.38. The number of hydrogen-bond donors (Lipinski definition) is 0. The molecule has 0 aromatic rings. The molecule has 1 heterocycles. The summed E-state index contributed by atoms with van der Waals surface area (Å²) in [7, 11) is 0. The van der Waals surface area contributed by atoms with Crippen LogP contribution in [-0.2, 0) is 0 Å². The topological polar surface area (TPSA) is 12.4 Å². The lowest BCUT2D eigenvalue weighted by atomic mass is 9.76. The fourth-order valence-corrected chi connectivity index (χ4v) is 2.86. The van der Waals surface area contributed by atoms with Crippen molar-refractivity contribution in [2.75, 3.05) is 0 Å². The zero-order valence-electron chi connectivity index (χ0n) is 9.47. The molecule has 1 aliphatic heterocycles. The van der Waals surface area contributed by atoms with Crippen LogP contribution in [0, 0.1) is 5.92 Å². The third kappa shape index (κ3) is 2.18. The van der Waals surface area contributed by atoms with Gasteiger partial charge in [-0.25, -0.2) is 0 Å². The van der Waals surface area contributed by atoms with Gasteiger partial charge in [0.15, 0.2) is 0 Å². The van der Waals surface area contributed by atoms with Gasteiger partial charge in [0.05, 0.1) is 6.04 Å². The quantitative estimate of drug-likeness (QED) is 0.586. The van der Waals surface area contributed by atoms with Crippen molar-refractivity contribution in [3.05, 3.63) is 0 Å². The Morgan fingerprint density at radius 3 is 2.93 bits per heavy atom. The minimum atomic E-state index is 0.738. The van der Waals surface area contributed by atoms with Gasteiger partial charge in [0.1, 0.15) is 0 Å². The molecular weight excluding hydrogens is 170 g/mol. The summed E-state index contributed by atoms with van der Waals surface area (Å²) in [6, 6.07) is 0.738. The van der Waals surface area contributed by atoms with Crippen LogP contribution in [0.2, 0.25) is 0 Å². The molecule has 14 heavy (non-hydrogen) atoms. The van der Waals surface area contributed by atoms with Crippen LogP contribution in [0.4, 0.5) is 0 Å². The number of fused-ring (bicyclic) bond motifs is 1. The van der Waals surface area contributed by atoms with Crippen LogP contribution >= 0.6 is 0 Å². The van der Waals surface area contributed by atoms with Gasteiger partial charge in [-0.15, -0.1) is 0 Å². The number of aliphatic imine (C=N–C) groups is 1. The summed E-state index contributed by atoms with van der Waals surface area (Å²) in [6.07, 6.45) is 12.6. The third-order valence-electron chi connectivity index (χ3n) is 3.78. The fraction of sp³-hybridized carbons (Fsp3) is 0.923. The van der Waals surface area contributed by atoms with E-state index < -0.39 is 0 Å². The highest BCUT2D eigenvalue weighted by Gasteiger charge is 2.34. The minimum Gasteiger partial charge on any atom is -0.290 e. The summed E-state index contributed by atoms with van der Waals surface area (Å²) >= 11 is 0. The second-order valence-corrected chi connectivity index (χ2v) is 4.89. The molecule has 1 fully saturated rings. The van der Waals surface area contributed by atoms with E-state index in [0.717, 1.165) is 12.0 Å². The first kappa shape index (κ1) is 10.2. The van der Waals surface area contributed by atoms with Gasteiger partial charge in [-0.05, 0) is 25.7 Å². The van der Waals surface area contributed by atoms with Gasteiger partial charge in [0.2, 0.25) is 0 Å². The van der Waals surface area contributed by atoms with Gasteiger partial charge in [-0.1, -0.05) is 39.0 Å². The van der Waals surface area contributed by atoms with E-state index >= 15 is 0 Å². The molecule has 0 amide bonds. The summed E-state index contributed by atoms with van der Waals surface area (Å²) in [6.45, 7) is 2.28. The first-order chi connectivity index (χ1) is 6.92. The standard InChI is InChI=1S/C13H23N/c1-2-3-4-5-9-12-11-8-6-7-10-13(11)14-12/h11-12H,2-10H2,1H3. The van der Waals surface area contributed by atoms with Gasteiger partial charge < -0.3 is 0 Å². The maximum absolute atomic E-state index is 4.76. The Balaban J connectivity index is 1.66. The molecule has 2 unspecified atom stereocenters. The van der Waals surface area contributed by atoms with E-state index in [1.165, 1.54) is 57.8 Å². The normalized spacial score (nSPS) is 30.5. The molecule has 0 radical (unpaired) electrons. The first-order valence-corrected chi connectivity index (χ1v) is 6.48. The Hall–Kier alpha value is -0.330. The number of unbranched alkanes of at least 4 members (excludes halogenated alkanes) is 3. The van der Waals surface area contributed by atoms with E-state index in [-0.39, 0.29) is 0 Å². The van der Waals surface area contributed by atoms with Gasteiger partial charge in [-0.3, -0.25) is 4.99 Å². The Labute approximate surface area is 88.0 Å². The van der Waals surface area contributed by atoms with E-state index in [1.54, 1.807) is 5.71 Å². The molecule has 0 bridgehead atoms. The first-order valence-electron chi connectivity index (χ1n) is 6.48. The van der Waals surface area contributed by atoms with Crippen LogP contribution in [0.1, 0.15) is 64.7 Å². The van der Waals surface area contributed by atoms with Crippen molar-refractivity contribution in [2.24, 2.45) is 10.9 Å². The smallest absolute Gasteiger partial charge is 0.0579 e. The van der Waals surface area contributed by atoms with E-state index in [0.29, 0.717) is 0 Å². The molecular formula is C13H23N. The van der Waals surface area contributed by atoms with Crippen molar-refractivity contribution in [1.82, 2.24) is 0 Å². The molecule has 0 N–H and O–H groups in total. The van der Waals surface area contributed by atoms with Crippen LogP contribution in [0.15, 0.2) is 4.99 Å². The Morgan fingerprint density at radius 1 is 1.21 bits per heavy atom. The maximum atomic E-state index is 4.76. The van der Waals surface area contributed by atoms with Crippen LogP contribution in [0.25, 0.3) is 0 Å². The zero-order valence-corrected chi connectivity index (χ0v) is 9.47. The molecule has 0 saturated heterocycles. The van der Waals surface area contributed by atoms with Crippen LogP contribution in [-0.4, -0.2) is 11.8 Å². The predicted octanol–water partition coefficient (Wildman–Crippen LogP) is 3.97. The van der Waals surface area contributed by atoms with Crippen LogP contribution < -0.4 is 0 Å². The van der Waals surface area contributed by atoms with Crippen molar-refractivity contribution < 1.29 is 0 Å². The molecule has 2 aliphatic rings. The molecule has 80 valence electrons. The van der Waals surface area contributed by atoms with E-state index in [2.05, 4.69) is 6.92 Å². The van der Waals surface area contributed by atoms with Crippen molar-refractivity contribution >= 4 is 5.71 Å². The average Bonchev–Trinajstić information content (AvgIpc) is 2.19. The largest absolute Gasteiger partial charge is 0.290 e. The molecule has 1 nitrogen and oxygen atoms in total. The molecule has 2 atom stereocenters. The monoisotopic (exact) mass is 193 g/mol. The zero-order chi connectivity index (χ0) is 9.80. The second-order valence-electron chi connectivity index (χ2n) is 4.89. The predicted molar refractivity (Wildman–Crippen MR) is 61.9 cm³/mol. The summed E-state index contributed by atoms with van der Waals surface area (Å²) in [5, 5.41) is 0. The highest BCUT2D eigenvalue weighted by molar-refractivity contribution is 5.92. The van der Waals surface area contributed by atoms with Crippen molar-refractivity contribution in [3.63, 3.8) is 0 Å². The van der Waals surface area contributed by atoms with Gasteiger partial charge in [0.25, 0.3) is 0 Å². The molecule has 1 heteroatoms. The number of hydrogen-bond acceptors (Lipinski definition) is 1. The van der Waals surface area contributed by atoms with Crippen LogP contribution in [0.5, 0.6) is 0 Å². The van der Waals surface area contributed by atoms with E-state index in [1.807, 2.05) is 0 Å². The van der Waals surface area contributed by atoms with Gasteiger partial charge >= 0.3 is 0 Å². The highest BCUT2D eigenvalue weighted by Crippen LogP contribution is 2.36. The lowest BCUT2D eigenvalue weighted by molar-refractivity contribution is 0.369. The maximum Gasteiger partial charge on any atom is 0.0579 e. The summed E-state index contributed by atoms with van der Waals surface area (Å²) < 4.78 is 0. The average molecular weight is 193 g/mol. The number of rotatable bonds is 5. The molecule has 0 spiro atoms. The van der Waals surface area contributed by atoms with Crippen molar-refractivity contribution in [2.45, 2.75) is 70.8 Å². The Bertz CT molecular complexity index is 207. The number of nitrogens with zero attached hydrogens (tertiary/aromatic N) is 1. The molecule has 1 saturated carbocycles.